The second-order valence-electron chi connectivity index (χ2n) is 2.41. The molecule has 0 aromatic heterocycles. The molecule has 0 aliphatic heterocycles. The van der Waals surface area contributed by atoms with E-state index in [1.165, 1.54) is 0 Å². The van der Waals surface area contributed by atoms with Crippen LogP contribution in [0.1, 0.15) is 20.3 Å². The molecule has 0 atom stereocenters. The smallest absolute Gasteiger partial charge is 0.265 e. The summed E-state index contributed by atoms with van der Waals surface area (Å²) in [6.45, 7) is 4.49. The van der Waals surface area contributed by atoms with Gasteiger partial charge in [-0.2, -0.15) is 8.42 Å². The second kappa shape index (κ2) is 6.31. The van der Waals surface area contributed by atoms with Crippen molar-refractivity contribution in [2.24, 2.45) is 0 Å². The Labute approximate surface area is 78.8 Å². The molecule has 13 heavy (non-hydrogen) atoms. The fourth-order valence-corrected chi connectivity index (χ4v) is 1.32. The van der Waals surface area contributed by atoms with Gasteiger partial charge in [-0.05, 0) is 13.8 Å². The van der Waals surface area contributed by atoms with E-state index in [-0.39, 0.29) is 12.2 Å². The standard InChI is InChI=1S/C7H16O5S/c1-3-11-7(12-4-2)5-6-13(8,9)10/h7H,3-6H2,1-2H3,(H,8,9,10). The van der Waals surface area contributed by atoms with Gasteiger partial charge in [0.15, 0.2) is 6.29 Å². The van der Waals surface area contributed by atoms with Crippen LogP contribution >= 0.6 is 0 Å². The minimum absolute atomic E-state index is 0.153. The summed E-state index contributed by atoms with van der Waals surface area (Å²) in [5, 5.41) is 0. The molecule has 0 aromatic rings. The van der Waals surface area contributed by atoms with Gasteiger partial charge >= 0.3 is 0 Å². The lowest BCUT2D eigenvalue weighted by Gasteiger charge is -2.15. The van der Waals surface area contributed by atoms with Crippen LogP contribution in [0.5, 0.6) is 0 Å². The zero-order valence-electron chi connectivity index (χ0n) is 7.89. The maximum absolute atomic E-state index is 10.4. The van der Waals surface area contributed by atoms with Crippen molar-refractivity contribution in [2.75, 3.05) is 19.0 Å². The van der Waals surface area contributed by atoms with Crippen LogP contribution in [-0.2, 0) is 19.6 Å². The van der Waals surface area contributed by atoms with Crippen LogP contribution in [0.3, 0.4) is 0 Å². The molecule has 6 heteroatoms. The van der Waals surface area contributed by atoms with Crippen molar-refractivity contribution in [3.8, 4) is 0 Å². The molecule has 0 spiro atoms. The van der Waals surface area contributed by atoms with Gasteiger partial charge in [-0.15, -0.1) is 0 Å². The first-order chi connectivity index (χ1) is 5.99. The number of hydrogen-bond donors (Lipinski definition) is 1. The summed E-state index contributed by atoms with van der Waals surface area (Å²) < 4.78 is 39.4. The number of ether oxygens (including phenoxy) is 2. The first-order valence-corrected chi connectivity index (χ1v) is 5.78. The molecule has 0 aliphatic rings. The molecule has 0 fully saturated rings. The second-order valence-corrected chi connectivity index (χ2v) is 3.99. The molecule has 0 radical (unpaired) electrons. The molecule has 0 unspecified atom stereocenters. The molecule has 0 saturated carbocycles. The van der Waals surface area contributed by atoms with E-state index in [9.17, 15) is 8.42 Å². The monoisotopic (exact) mass is 212 g/mol. The van der Waals surface area contributed by atoms with Crippen LogP contribution in [0.25, 0.3) is 0 Å². The average molecular weight is 212 g/mol. The minimum atomic E-state index is -3.92. The highest BCUT2D eigenvalue weighted by atomic mass is 32.2. The number of hydrogen-bond acceptors (Lipinski definition) is 4. The summed E-state index contributed by atoms with van der Waals surface area (Å²) in [5.41, 5.74) is 0. The molecular weight excluding hydrogens is 196 g/mol. The Balaban J connectivity index is 3.81. The van der Waals surface area contributed by atoms with Gasteiger partial charge in [-0.3, -0.25) is 4.55 Å². The van der Waals surface area contributed by atoms with Crippen LogP contribution in [-0.4, -0.2) is 38.2 Å². The van der Waals surface area contributed by atoms with Gasteiger partial charge in [0.1, 0.15) is 0 Å². The van der Waals surface area contributed by atoms with Gasteiger partial charge in [-0.1, -0.05) is 0 Å². The maximum Gasteiger partial charge on any atom is 0.265 e. The van der Waals surface area contributed by atoms with Crippen LogP contribution in [0.2, 0.25) is 0 Å². The molecule has 5 nitrogen and oxygen atoms in total. The predicted octanol–water partition coefficient (Wildman–Crippen LogP) is 0.663. The van der Waals surface area contributed by atoms with Gasteiger partial charge in [0.2, 0.25) is 0 Å². The van der Waals surface area contributed by atoms with E-state index in [0.717, 1.165) is 0 Å². The molecule has 0 aliphatic carbocycles. The summed E-state index contributed by atoms with van der Waals surface area (Å²) in [6, 6.07) is 0. The fourth-order valence-electron chi connectivity index (χ4n) is 0.832. The van der Waals surface area contributed by atoms with Crippen LogP contribution in [0.15, 0.2) is 0 Å². The maximum atomic E-state index is 10.4. The van der Waals surface area contributed by atoms with Crippen molar-refractivity contribution in [1.29, 1.82) is 0 Å². The Kier molecular flexibility index (Phi) is 6.23. The number of rotatable bonds is 7. The summed E-state index contributed by atoms with van der Waals surface area (Å²) >= 11 is 0. The normalized spacial score (nSPS) is 12.3. The third kappa shape index (κ3) is 8.17. The Morgan fingerprint density at radius 3 is 2.00 bits per heavy atom. The summed E-state index contributed by atoms with van der Waals surface area (Å²) in [6.07, 6.45) is -0.391. The summed E-state index contributed by atoms with van der Waals surface area (Å²) in [4.78, 5) is 0. The lowest BCUT2D eigenvalue weighted by Crippen LogP contribution is -2.21. The van der Waals surface area contributed by atoms with Crippen LogP contribution in [0.4, 0.5) is 0 Å². The van der Waals surface area contributed by atoms with E-state index in [2.05, 4.69) is 0 Å². The van der Waals surface area contributed by atoms with Crippen molar-refractivity contribution in [3.05, 3.63) is 0 Å². The quantitative estimate of drug-likeness (QED) is 0.496. The zero-order chi connectivity index (χ0) is 10.3. The van der Waals surface area contributed by atoms with Crippen molar-refractivity contribution in [2.45, 2.75) is 26.6 Å². The Morgan fingerprint density at radius 1 is 1.23 bits per heavy atom. The molecule has 0 bridgehead atoms. The molecule has 0 rings (SSSR count). The topological polar surface area (TPSA) is 72.8 Å². The highest BCUT2D eigenvalue weighted by Gasteiger charge is 2.12. The van der Waals surface area contributed by atoms with Crippen molar-refractivity contribution in [3.63, 3.8) is 0 Å². The largest absolute Gasteiger partial charge is 0.353 e. The lowest BCUT2D eigenvalue weighted by molar-refractivity contribution is -0.136. The highest BCUT2D eigenvalue weighted by molar-refractivity contribution is 7.85. The first kappa shape index (κ1) is 12.8. The molecule has 0 saturated heterocycles. The van der Waals surface area contributed by atoms with Gasteiger partial charge < -0.3 is 9.47 Å². The molecular formula is C7H16O5S. The molecule has 0 aromatic carbocycles. The van der Waals surface area contributed by atoms with Crippen molar-refractivity contribution < 1.29 is 22.4 Å². The van der Waals surface area contributed by atoms with E-state index in [4.69, 9.17) is 14.0 Å². The molecule has 1 N–H and O–H groups in total. The van der Waals surface area contributed by atoms with E-state index in [1.807, 2.05) is 0 Å². The molecule has 0 heterocycles. The van der Waals surface area contributed by atoms with Gasteiger partial charge in [0, 0.05) is 19.6 Å². The summed E-state index contributed by atoms with van der Waals surface area (Å²) in [5.74, 6) is -0.336. The third-order valence-electron chi connectivity index (χ3n) is 1.32. The fraction of sp³-hybridized carbons (Fsp3) is 1.00. The van der Waals surface area contributed by atoms with E-state index in [1.54, 1.807) is 13.8 Å². The van der Waals surface area contributed by atoms with Gasteiger partial charge in [0.25, 0.3) is 10.1 Å². The van der Waals surface area contributed by atoms with Crippen molar-refractivity contribution in [1.82, 2.24) is 0 Å². The highest BCUT2D eigenvalue weighted by Crippen LogP contribution is 2.02. The van der Waals surface area contributed by atoms with E-state index >= 15 is 0 Å². The summed E-state index contributed by atoms with van der Waals surface area (Å²) in [7, 11) is -3.92. The molecule has 0 amide bonds. The van der Waals surface area contributed by atoms with Gasteiger partial charge in [0.05, 0.1) is 5.75 Å². The van der Waals surface area contributed by atoms with E-state index < -0.39 is 16.4 Å². The van der Waals surface area contributed by atoms with Crippen LogP contribution in [0, 0.1) is 0 Å². The predicted molar refractivity (Wildman–Crippen MR) is 48.1 cm³/mol. The Morgan fingerprint density at radius 2 is 1.69 bits per heavy atom. The molecule has 80 valence electrons. The van der Waals surface area contributed by atoms with Gasteiger partial charge in [-0.25, -0.2) is 0 Å². The zero-order valence-corrected chi connectivity index (χ0v) is 8.71. The first-order valence-electron chi connectivity index (χ1n) is 4.18. The van der Waals surface area contributed by atoms with Crippen LogP contribution < -0.4 is 0 Å². The Bertz CT molecular complexity index is 205. The SMILES string of the molecule is CCOC(CCS(=O)(=O)O)OCC. The lowest BCUT2D eigenvalue weighted by atomic mass is 10.5. The minimum Gasteiger partial charge on any atom is -0.353 e. The van der Waals surface area contributed by atoms with Crippen molar-refractivity contribution >= 4 is 10.1 Å². The van der Waals surface area contributed by atoms with E-state index in [0.29, 0.717) is 13.2 Å². The Hall–Kier alpha value is -0.170. The third-order valence-corrected chi connectivity index (χ3v) is 2.07. The average Bonchev–Trinajstić information content (AvgIpc) is 2.00.